The van der Waals surface area contributed by atoms with Crippen LogP contribution in [-0.4, -0.2) is 45.6 Å². The molecule has 1 aromatic heterocycles. The maximum absolute atomic E-state index is 12.8. The zero-order valence-electron chi connectivity index (χ0n) is 18.6. The van der Waals surface area contributed by atoms with E-state index in [0.29, 0.717) is 22.7 Å². The van der Waals surface area contributed by atoms with Gasteiger partial charge in [-0.3, -0.25) is 4.79 Å². The van der Waals surface area contributed by atoms with E-state index in [0.717, 1.165) is 5.69 Å². The number of esters is 1. The molecule has 0 unspecified atom stereocenters. The first-order valence-electron chi connectivity index (χ1n) is 9.82. The molecule has 2 aromatic carbocycles. The average molecular weight is 473 g/mol. The number of carbonyl (C=O) groups is 2. The smallest absolute Gasteiger partial charge is 0.342 e. The van der Waals surface area contributed by atoms with Crippen molar-refractivity contribution in [1.82, 2.24) is 4.57 Å². The third-order valence-electron chi connectivity index (χ3n) is 5.11. The van der Waals surface area contributed by atoms with Gasteiger partial charge in [0.25, 0.3) is 0 Å². The fraction of sp³-hybridized carbons (Fsp3) is 0.217. The van der Waals surface area contributed by atoms with E-state index < -0.39 is 22.6 Å². The lowest BCUT2D eigenvalue weighted by molar-refractivity contribution is 0.0471. The van der Waals surface area contributed by atoms with Crippen LogP contribution in [0.5, 0.6) is 11.5 Å². The van der Waals surface area contributed by atoms with Gasteiger partial charge in [-0.25, -0.2) is 18.4 Å². The molecule has 0 saturated heterocycles. The van der Waals surface area contributed by atoms with Gasteiger partial charge in [0.15, 0.2) is 18.1 Å². The number of hydrogen-bond acceptors (Lipinski definition) is 7. The molecular weight excluding hydrogens is 448 g/mol. The van der Waals surface area contributed by atoms with Crippen LogP contribution in [0.3, 0.4) is 0 Å². The van der Waals surface area contributed by atoms with E-state index >= 15 is 0 Å². The summed E-state index contributed by atoms with van der Waals surface area (Å²) in [5.74, 6) is -0.508. The number of primary sulfonamides is 1. The Morgan fingerprint density at radius 3 is 2.21 bits per heavy atom. The van der Waals surface area contributed by atoms with Crippen LogP contribution in [0.2, 0.25) is 0 Å². The van der Waals surface area contributed by atoms with Crippen LogP contribution in [0.25, 0.3) is 5.69 Å². The van der Waals surface area contributed by atoms with Crippen molar-refractivity contribution < 1.29 is 32.2 Å². The number of methoxy groups -OCH3 is 2. The molecule has 0 amide bonds. The summed E-state index contributed by atoms with van der Waals surface area (Å²) >= 11 is 0. The lowest BCUT2D eigenvalue weighted by atomic mass is 10.1. The summed E-state index contributed by atoms with van der Waals surface area (Å²) in [6.07, 6.45) is 0. The van der Waals surface area contributed by atoms with Crippen molar-refractivity contribution in [2.24, 2.45) is 5.14 Å². The first kappa shape index (κ1) is 24.0. The van der Waals surface area contributed by atoms with Crippen LogP contribution in [-0.2, 0) is 14.8 Å². The Hall–Kier alpha value is -3.63. The second-order valence-electron chi connectivity index (χ2n) is 7.20. The number of aromatic nitrogens is 1. The Balaban J connectivity index is 1.80. The van der Waals surface area contributed by atoms with E-state index in [1.165, 1.54) is 32.4 Å². The molecule has 0 atom stereocenters. The van der Waals surface area contributed by atoms with Gasteiger partial charge in [0.2, 0.25) is 15.8 Å². The van der Waals surface area contributed by atoms with Crippen molar-refractivity contribution in [1.29, 1.82) is 0 Å². The highest BCUT2D eigenvalue weighted by Gasteiger charge is 2.21. The summed E-state index contributed by atoms with van der Waals surface area (Å²) in [7, 11) is -0.947. The second-order valence-corrected chi connectivity index (χ2v) is 8.76. The minimum absolute atomic E-state index is 0.00936. The topological polar surface area (TPSA) is 127 Å². The number of hydrogen-bond donors (Lipinski definition) is 1. The maximum Gasteiger partial charge on any atom is 0.342 e. The molecule has 33 heavy (non-hydrogen) atoms. The summed E-state index contributed by atoms with van der Waals surface area (Å²) in [6.45, 7) is 3.10. The number of sulfonamides is 1. The van der Waals surface area contributed by atoms with Gasteiger partial charge >= 0.3 is 5.97 Å². The molecule has 3 aromatic rings. The second kappa shape index (κ2) is 9.47. The minimum Gasteiger partial charge on any atom is -0.493 e. The van der Waals surface area contributed by atoms with E-state index in [1.54, 1.807) is 41.8 Å². The number of ketones is 1. The highest BCUT2D eigenvalue weighted by molar-refractivity contribution is 7.89. The highest BCUT2D eigenvalue weighted by atomic mass is 32.2. The van der Waals surface area contributed by atoms with Crippen LogP contribution in [0.4, 0.5) is 0 Å². The molecule has 174 valence electrons. The molecule has 0 fully saturated rings. The summed E-state index contributed by atoms with van der Waals surface area (Å²) < 4.78 is 40.4. The predicted molar refractivity (Wildman–Crippen MR) is 121 cm³/mol. The number of benzene rings is 2. The number of aryl methyl sites for hydroxylation is 1. The average Bonchev–Trinajstić information content (AvgIpc) is 3.09. The molecule has 0 spiro atoms. The molecule has 3 rings (SSSR count). The van der Waals surface area contributed by atoms with E-state index in [1.807, 2.05) is 6.92 Å². The third kappa shape index (κ3) is 4.91. The van der Waals surface area contributed by atoms with Crippen molar-refractivity contribution in [3.63, 3.8) is 0 Å². The van der Waals surface area contributed by atoms with E-state index in [2.05, 4.69) is 0 Å². The quantitative estimate of drug-likeness (QED) is 0.394. The molecule has 1 heterocycles. The normalized spacial score (nSPS) is 11.2. The molecule has 0 bridgehead atoms. The van der Waals surface area contributed by atoms with Gasteiger partial charge in [0.1, 0.15) is 5.56 Å². The molecule has 0 aliphatic carbocycles. The number of para-hydroxylation sites is 1. The fourth-order valence-corrected chi connectivity index (χ4v) is 4.08. The lowest BCUT2D eigenvalue weighted by Gasteiger charge is -2.12. The Morgan fingerprint density at radius 2 is 1.64 bits per heavy atom. The summed E-state index contributed by atoms with van der Waals surface area (Å²) in [5.41, 5.74) is 2.56. The summed E-state index contributed by atoms with van der Waals surface area (Å²) in [4.78, 5) is 25.4. The largest absolute Gasteiger partial charge is 0.493 e. The number of nitrogens with two attached hydrogens (primary N) is 1. The Bertz CT molecular complexity index is 1310. The van der Waals surface area contributed by atoms with Crippen LogP contribution >= 0.6 is 0 Å². The maximum atomic E-state index is 12.8. The lowest BCUT2D eigenvalue weighted by Crippen LogP contribution is -2.16. The number of rotatable bonds is 8. The standard InChI is InChI=1S/C23H24N2O7S/c1-14-12-19(15(2)25(14)16-8-10-17(11-9-16)33(24,28)29)20(26)13-32-23(27)18-6-5-7-21(30-3)22(18)31-4/h5-12H,13H2,1-4H3,(H2,24,28,29). The molecule has 2 N–H and O–H groups in total. The monoisotopic (exact) mass is 472 g/mol. The zero-order valence-corrected chi connectivity index (χ0v) is 19.4. The van der Waals surface area contributed by atoms with Crippen LogP contribution in [0.1, 0.15) is 32.1 Å². The van der Waals surface area contributed by atoms with Gasteiger partial charge in [-0.2, -0.15) is 0 Å². The van der Waals surface area contributed by atoms with E-state index in [4.69, 9.17) is 19.3 Å². The zero-order chi connectivity index (χ0) is 24.3. The van der Waals surface area contributed by atoms with Gasteiger partial charge < -0.3 is 18.8 Å². The van der Waals surface area contributed by atoms with Gasteiger partial charge in [-0.1, -0.05) is 6.07 Å². The molecule has 0 aliphatic heterocycles. The molecular formula is C23H24N2O7S. The summed E-state index contributed by atoms with van der Waals surface area (Å²) in [6, 6.07) is 12.5. The SMILES string of the molecule is COc1cccc(C(=O)OCC(=O)c2cc(C)n(-c3ccc(S(N)(=O)=O)cc3)c2C)c1OC. The molecule has 9 nitrogen and oxygen atoms in total. The third-order valence-corrected chi connectivity index (χ3v) is 6.04. The summed E-state index contributed by atoms with van der Waals surface area (Å²) in [5, 5.41) is 5.15. The van der Waals surface area contributed by atoms with Crippen molar-refractivity contribution in [3.8, 4) is 17.2 Å². The first-order valence-corrected chi connectivity index (χ1v) is 11.4. The predicted octanol–water partition coefficient (Wildman–Crippen LogP) is 2.80. The minimum atomic E-state index is -3.81. The van der Waals surface area contributed by atoms with Crippen LogP contribution in [0, 0.1) is 13.8 Å². The van der Waals surface area contributed by atoms with E-state index in [9.17, 15) is 18.0 Å². The van der Waals surface area contributed by atoms with Gasteiger partial charge in [0, 0.05) is 22.6 Å². The molecule has 0 aliphatic rings. The number of carbonyl (C=O) groups excluding carboxylic acids is 2. The van der Waals surface area contributed by atoms with Gasteiger partial charge in [-0.05, 0) is 56.3 Å². The van der Waals surface area contributed by atoms with Crippen molar-refractivity contribution in [2.45, 2.75) is 18.7 Å². The van der Waals surface area contributed by atoms with Gasteiger partial charge in [0.05, 0.1) is 19.1 Å². The fourth-order valence-electron chi connectivity index (χ4n) is 3.56. The van der Waals surface area contributed by atoms with Gasteiger partial charge in [-0.15, -0.1) is 0 Å². The Labute approximate surface area is 191 Å². The van der Waals surface area contributed by atoms with Crippen molar-refractivity contribution in [2.75, 3.05) is 20.8 Å². The van der Waals surface area contributed by atoms with Crippen molar-refractivity contribution >= 4 is 21.8 Å². The Morgan fingerprint density at radius 1 is 0.970 bits per heavy atom. The number of Topliss-reactive ketones (excluding diaryl/α,β-unsaturated/α-hetero) is 1. The van der Waals surface area contributed by atoms with E-state index in [-0.39, 0.29) is 22.0 Å². The van der Waals surface area contributed by atoms with Crippen LogP contribution < -0.4 is 14.6 Å². The van der Waals surface area contributed by atoms with Crippen molar-refractivity contribution in [3.05, 3.63) is 71.0 Å². The molecule has 0 saturated carbocycles. The van der Waals surface area contributed by atoms with Crippen LogP contribution in [0.15, 0.2) is 53.4 Å². The first-order chi connectivity index (χ1) is 15.6. The number of ether oxygens (including phenoxy) is 3. The number of nitrogens with zero attached hydrogens (tertiary/aromatic N) is 1. The highest BCUT2D eigenvalue weighted by Crippen LogP contribution is 2.31. The molecule has 0 radical (unpaired) electrons. The molecule has 10 heteroatoms. The Kier molecular flexibility index (Phi) is 6.89.